The highest BCUT2D eigenvalue weighted by Gasteiger charge is 2.15. The van der Waals surface area contributed by atoms with Gasteiger partial charge in [-0.05, 0) is 19.4 Å². The second kappa shape index (κ2) is 6.29. The molecule has 0 saturated carbocycles. The van der Waals surface area contributed by atoms with Crippen LogP contribution in [-0.2, 0) is 4.74 Å². The van der Waals surface area contributed by atoms with E-state index in [-0.39, 0.29) is 5.97 Å². The maximum atomic E-state index is 11.5. The number of nitrogens with zero attached hydrogens (tertiary/aromatic N) is 2. The maximum Gasteiger partial charge on any atom is 0.350 e. The van der Waals surface area contributed by atoms with Gasteiger partial charge in [0.05, 0.1) is 19.0 Å². The lowest BCUT2D eigenvalue weighted by atomic mass is 10.2. The van der Waals surface area contributed by atoms with E-state index in [1.807, 2.05) is 31.2 Å². The van der Waals surface area contributed by atoms with Crippen molar-refractivity contribution in [1.29, 1.82) is 0 Å². The minimum Gasteiger partial charge on any atom is -0.465 e. The lowest BCUT2D eigenvalue weighted by Gasteiger charge is -1.95. The van der Waals surface area contributed by atoms with Crippen molar-refractivity contribution in [2.24, 2.45) is 5.10 Å². The molecule has 1 aromatic carbocycles. The van der Waals surface area contributed by atoms with E-state index >= 15 is 0 Å². The van der Waals surface area contributed by atoms with E-state index in [0.29, 0.717) is 15.7 Å². The zero-order valence-electron chi connectivity index (χ0n) is 11.5. The lowest BCUT2D eigenvalue weighted by Crippen LogP contribution is -1.99. The number of hydrazone groups is 1. The Morgan fingerprint density at radius 3 is 2.95 bits per heavy atom. The van der Waals surface area contributed by atoms with Crippen molar-refractivity contribution in [2.45, 2.75) is 13.8 Å². The van der Waals surface area contributed by atoms with Gasteiger partial charge >= 0.3 is 5.97 Å². The van der Waals surface area contributed by atoms with Gasteiger partial charge in [-0.25, -0.2) is 9.78 Å². The second-order valence-corrected chi connectivity index (χ2v) is 5.21. The average molecular weight is 289 g/mol. The van der Waals surface area contributed by atoms with Crippen molar-refractivity contribution in [3.63, 3.8) is 0 Å². The summed E-state index contributed by atoms with van der Waals surface area (Å²) < 4.78 is 4.68. The fraction of sp³-hybridized carbons (Fsp3) is 0.214. The standard InChI is InChI=1S/C14H15N3O2S/c1-9-5-4-6-11(7-9)8-15-17-14-16-10(2)12(20-14)13(18)19-3/h4-8H,1-3H3,(H,16,17)/b15-8+. The quantitative estimate of drug-likeness (QED) is 0.534. The monoisotopic (exact) mass is 289 g/mol. The molecular formula is C14H15N3O2S. The fourth-order valence-electron chi connectivity index (χ4n) is 1.64. The Labute approximate surface area is 121 Å². The zero-order chi connectivity index (χ0) is 14.5. The summed E-state index contributed by atoms with van der Waals surface area (Å²) >= 11 is 1.22. The smallest absolute Gasteiger partial charge is 0.350 e. The number of aryl methyl sites for hydroxylation is 2. The van der Waals surface area contributed by atoms with Gasteiger partial charge in [-0.3, -0.25) is 5.43 Å². The third kappa shape index (κ3) is 3.42. The molecule has 0 aliphatic carbocycles. The van der Waals surface area contributed by atoms with Crippen LogP contribution in [0.5, 0.6) is 0 Å². The van der Waals surface area contributed by atoms with Crippen molar-refractivity contribution in [1.82, 2.24) is 4.98 Å². The van der Waals surface area contributed by atoms with Crippen LogP contribution in [-0.4, -0.2) is 24.3 Å². The second-order valence-electron chi connectivity index (χ2n) is 4.21. The van der Waals surface area contributed by atoms with Crippen LogP contribution >= 0.6 is 11.3 Å². The number of anilines is 1. The number of benzene rings is 1. The molecule has 0 aliphatic heterocycles. The number of esters is 1. The van der Waals surface area contributed by atoms with Crippen molar-refractivity contribution >= 4 is 28.7 Å². The molecule has 6 heteroatoms. The summed E-state index contributed by atoms with van der Waals surface area (Å²) in [6.45, 7) is 3.79. The number of hydrogen-bond donors (Lipinski definition) is 1. The zero-order valence-corrected chi connectivity index (χ0v) is 12.3. The lowest BCUT2D eigenvalue weighted by molar-refractivity contribution is 0.0605. The SMILES string of the molecule is COC(=O)c1sc(N/N=C/c2cccc(C)c2)nc1C. The molecule has 1 heterocycles. The first-order chi connectivity index (χ1) is 9.60. The first-order valence-electron chi connectivity index (χ1n) is 6.01. The Morgan fingerprint density at radius 1 is 1.45 bits per heavy atom. The van der Waals surface area contributed by atoms with Gasteiger partial charge in [-0.2, -0.15) is 5.10 Å². The van der Waals surface area contributed by atoms with Gasteiger partial charge in [0.15, 0.2) is 0 Å². The molecule has 1 N–H and O–H groups in total. The predicted octanol–water partition coefficient (Wildman–Crippen LogP) is 2.99. The van der Waals surface area contributed by atoms with Crippen LogP contribution in [0, 0.1) is 13.8 Å². The van der Waals surface area contributed by atoms with E-state index in [4.69, 9.17) is 0 Å². The van der Waals surface area contributed by atoms with E-state index in [1.54, 1.807) is 13.1 Å². The number of ether oxygens (including phenoxy) is 1. The summed E-state index contributed by atoms with van der Waals surface area (Å²) in [7, 11) is 1.35. The van der Waals surface area contributed by atoms with Crippen LogP contribution < -0.4 is 5.43 Å². The van der Waals surface area contributed by atoms with E-state index in [0.717, 1.165) is 5.56 Å². The number of carbonyl (C=O) groups is 1. The summed E-state index contributed by atoms with van der Waals surface area (Å²) in [6, 6.07) is 7.99. The number of aromatic nitrogens is 1. The van der Waals surface area contributed by atoms with Gasteiger partial charge in [0, 0.05) is 0 Å². The molecule has 0 amide bonds. The van der Waals surface area contributed by atoms with Crippen LogP contribution in [0.4, 0.5) is 5.13 Å². The van der Waals surface area contributed by atoms with Crippen LogP contribution in [0.1, 0.15) is 26.5 Å². The minimum atomic E-state index is -0.379. The van der Waals surface area contributed by atoms with Gasteiger partial charge < -0.3 is 4.74 Å². The molecule has 2 aromatic rings. The molecule has 0 bridgehead atoms. The average Bonchev–Trinajstić information content (AvgIpc) is 2.79. The Hall–Kier alpha value is -2.21. The van der Waals surface area contributed by atoms with Crippen molar-refractivity contribution in [2.75, 3.05) is 12.5 Å². The molecule has 0 unspecified atom stereocenters. The summed E-state index contributed by atoms with van der Waals surface area (Å²) in [5.41, 5.74) is 5.63. The van der Waals surface area contributed by atoms with Crippen molar-refractivity contribution in [3.05, 3.63) is 46.0 Å². The third-order valence-corrected chi connectivity index (χ3v) is 3.63. The van der Waals surface area contributed by atoms with Gasteiger partial charge in [0.1, 0.15) is 4.88 Å². The van der Waals surface area contributed by atoms with E-state index in [9.17, 15) is 4.79 Å². The first kappa shape index (κ1) is 14.2. The molecule has 0 radical (unpaired) electrons. The van der Waals surface area contributed by atoms with Crippen molar-refractivity contribution < 1.29 is 9.53 Å². The number of nitrogens with one attached hydrogen (secondary N) is 1. The highest BCUT2D eigenvalue weighted by molar-refractivity contribution is 7.17. The molecule has 20 heavy (non-hydrogen) atoms. The molecule has 0 saturated heterocycles. The summed E-state index contributed by atoms with van der Waals surface area (Å²) in [5, 5.41) is 4.68. The van der Waals surface area contributed by atoms with Crippen LogP contribution in [0.3, 0.4) is 0 Å². The number of rotatable bonds is 4. The Bertz CT molecular complexity index is 650. The van der Waals surface area contributed by atoms with Gasteiger partial charge in [0.2, 0.25) is 5.13 Å². The Balaban J connectivity index is 2.06. The fourth-order valence-corrected chi connectivity index (χ4v) is 2.47. The minimum absolute atomic E-state index is 0.379. The van der Waals surface area contributed by atoms with Crippen LogP contribution in [0.15, 0.2) is 29.4 Å². The molecule has 1 aromatic heterocycles. The van der Waals surface area contributed by atoms with E-state index < -0.39 is 0 Å². The Kier molecular flexibility index (Phi) is 4.47. The molecule has 0 spiro atoms. The summed E-state index contributed by atoms with van der Waals surface area (Å²) in [4.78, 5) is 16.2. The molecule has 104 valence electrons. The van der Waals surface area contributed by atoms with E-state index in [2.05, 4.69) is 20.2 Å². The molecule has 0 aliphatic rings. The van der Waals surface area contributed by atoms with Crippen LogP contribution in [0.25, 0.3) is 0 Å². The third-order valence-electron chi connectivity index (χ3n) is 2.58. The number of methoxy groups -OCH3 is 1. The number of hydrogen-bond acceptors (Lipinski definition) is 6. The Morgan fingerprint density at radius 2 is 2.25 bits per heavy atom. The summed E-state index contributed by atoms with van der Waals surface area (Å²) in [5.74, 6) is -0.379. The molecule has 0 atom stereocenters. The topological polar surface area (TPSA) is 63.6 Å². The largest absolute Gasteiger partial charge is 0.465 e. The van der Waals surface area contributed by atoms with Gasteiger partial charge in [-0.1, -0.05) is 41.2 Å². The summed E-state index contributed by atoms with van der Waals surface area (Å²) in [6.07, 6.45) is 1.71. The predicted molar refractivity (Wildman–Crippen MR) is 80.6 cm³/mol. The highest BCUT2D eigenvalue weighted by atomic mass is 32.1. The molecule has 2 rings (SSSR count). The molecule has 0 fully saturated rings. The number of carbonyl (C=O) groups excluding carboxylic acids is 1. The maximum absolute atomic E-state index is 11.5. The van der Waals surface area contributed by atoms with Gasteiger partial charge in [0.25, 0.3) is 0 Å². The van der Waals surface area contributed by atoms with Crippen molar-refractivity contribution in [3.8, 4) is 0 Å². The van der Waals surface area contributed by atoms with E-state index in [1.165, 1.54) is 24.0 Å². The van der Waals surface area contributed by atoms with Gasteiger partial charge in [-0.15, -0.1) is 0 Å². The molecule has 5 nitrogen and oxygen atoms in total. The number of thiazole rings is 1. The highest BCUT2D eigenvalue weighted by Crippen LogP contribution is 2.23. The normalized spacial score (nSPS) is 10.8. The van der Waals surface area contributed by atoms with Crippen LogP contribution in [0.2, 0.25) is 0 Å². The first-order valence-corrected chi connectivity index (χ1v) is 6.83. The molecular weight excluding hydrogens is 274 g/mol.